The lowest BCUT2D eigenvalue weighted by atomic mass is 10.2. The van der Waals surface area contributed by atoms with Gasteiger partial charge in [0.25, 0.3) is 0 Å². The third kappa shape index (κ3) is 3.12. The minimum Gasteiger partial charge on any atom is -0.379 e. The van der Waals surface area contributed by atoms with Crippen LogP contribution in [0.15, 0.2) is 4.79 Å². The largest absolute Gasteiger partial charge is 0.379 e. The highest BCUT2D eigenvalue weighted by atomic mass is 32.1. The molecule has 0 spiro atoms. The summed E-state index contributed by atoms with van der Waals surface area (Å²) in [6.45, 7) is 5.86. The fourth-order valence-electron chi connectivity index (χ4n) is 1.01. The molecule has 0 aromatic carbocycles. The van der Waals surface area contributed by atoms with E-state index in [2.05, 4.69) is 24.0 Å². The normalized spacial score (nSPS) is 11.1. The Morgan fingerprint density at radius 3 is 2.71 bits per heavy atom. The van der Waals surface area contributed by atoms with Crippen LogP contribution in [0.25, 0.3) is 0 Å². The SMILES string of the molecule is CC(C)COCCn1c(=O)[nH][nH]c1=S. The van der Waals surface area contributed by atoms with Crippen molar-refractivity contribution < 1.29 is 4.74 Å². The molecule has 1 rings (SSSR count). The smallest absolute Gasteiger partial charge is 0.342 e. The Morgan fingerprint density at radius 2 is 2.21 bits per heavy atom. The van der Waals surface area contributed by atoms with Crippen molar-refractivity contribution in [3.05, 3.63) is 15.3 Å². The Kier molecular flexibility index (Phi) is 4.09. The molecule has 0 atom stereocenters. The van der Waals surface area contributed by atoms with E-state index in [1.807, 2.05) is 0 Å². The monoisotopic (exact) mass is 217 g/mol. The van der Waals surface area contributed by atoms with Gasteiger partial charge in [0, 0.05) is 6.61 Å². The quantitative estimate of drug-likeness (QED) is 0.569. The second-order valence-electron chi connectivity index (χ2n) is 3.48. The molecule has 80 valence electrons. The summed E-state index contributed by atoms with van der Waals surface area (Å²) in [6, 6.07) is 0. The Bertz CT molecular complexity index is 349. The van der Waals surface area contributed by atoms with Crippen LogP contribution < -0.4 is 5.69 Å². The van der Waals surface area contributed by atoms with Crippen LogP contribution in [0.1, 0.15) is 13.8 Å². The number of rotatable bonds is 5. The highest BCUT2D eigenvalue weighted by molar-refractivity contribution is 7.71. The predicted octanol–water partition coefficient (Wildman–Crippen LogP) is 0.907. The van der Waals surface area contributed by atoms with Crippen LogP contribution in [0, 0.1) is 10.7 Å². The van der Waals surface area contributed by atoms with Crippen molar-refractivity contribution in [2.75, 3.05) is 13.2 Å². The lowest BCUT2D eigenvalue weighted by Crippen LogP contribution is -2.20. The number of hydrogen-bond acceptors (Lipinski definition) is 3. The van der Waals surface area contributed by atoms with Gasteiger partial charge in [0.2, 0.25) is 0 Å². The number of ether oxygens (including phenoxy) is 1. The molecule has 1 aromatic rings. The van der Waals surface area contributed by atoms with E-state index in [-0.39, 0.29) is 5.69 Å². The summed E-state index contributed by atoms with van der Waals surface area (Å²) in [5.41, 5.74) is -0.219. The highest BCUT2D eigenvalue weighted by Crippen LogP contribution is 1.92. The molecule has 0 aliphatic heterocycles. The van der Waals surface area contributed by atoms with Crippen molar-refractivity contribution in [3.63, 3.8) is 0 Å². The standard InChI is InChI=1S/C8H15N3O2S/c1-6(2)5-13-4-3-11-7(12)9-10-8(11)14/h6H,3-5H2,1-2H3,(H,9,12)(H,10,14). The second kappa shape index (κ2) is 5.11. The first kappa shape index (κ1) is 11.2. The summed E-state index contributed by atoms with van der Waals surface area (Å²) >= 11 is 4.89. The van der Waals surface area contributed by atoms with Crippen molar-refractivity contribution >= 4 is 12.2 Å². The Hall–Kier alpha value is -0.880. The average Bonchev–Trinajstić information content (AvgIpc) is 2.42. The predicted molar refractivity (Wildman–Crippen MR) is 55.9 cm³/mol. The van der Waals surface area contributed by atoms with Gasteiger partial charge in [0.05, 0.1) is 13.2 Å². The molecule has 0 radical (unpaired) electrons. The Morgan fingerprint density at radius 1 is 1.50 bits per heavy atom. The van der Waals surface area contributed by atoms with Gasteiger partial charge in [0.15, 0.2) is 4.77 Å². The minimum atomic E-state index is -0.219. The zero-order valence-corrected chi connectivity index (χ0v) is 9.19. The maximum atomic E-state index is 11.1. The van der Waals surface area contributed by atoms with Crippen LogP contribution in [-0.4, -0.2) is 28.0 Å². The summed E-state index contributed by atoms with van der Waals surface area (Å²) in [7, 11) is 0. The number of nitrogens with one attached hydrogen (secondary N) is 2. The van der Waals surface area contributed by atoms with Gasteiger partial charge < -0.3 is 4.74 Å². The highest BCUT2D eigenvalue weighted by Gasteiger charge is 1.99. The third-order valence-electron chi connectivity index (χ3n) is 1.68. The lowest BCUT2D eigenvalue weighted by Gasteiger charge is -2.06. The van der Waals surface area contributed by atoms with E-state index < -0.39 is 0 Å². The Labute approximate surface area is 87.1 Å². The van der Waals surface area contributed by atoms with Gasteiger partial charge >= 0.3 is 5.69 Å². The van der Waals surface area contributed by atoms with Gasteiger partial charge in [-0.15, -0.1) is 0 Å². The van der Waals surface area contributed by atoms with Crippen molar-refractivity contribution in [1.29, 1.82) is 0 Å². The molecule has 0 saturated carbocycles. The van der Waals surface area contributed by atoms with Crippen LogP contribution in [0.5, 0.6) is 0 Å². The third-order valence-corrected chi connectivity index (χ3v) is 2.00. The molecule has 0 saturated heterocycles. The Balaban J connectivity index is 2.39. The fourth-order valence-corrected chi connectivity index (χ4v) is 1.24. The van der Waals surface area contributed by atoms with Crippen LogP contribution >= 0.6 is 12.2 Å². The molecule has 0 aliphatic carbocycles. The molecule has 5 nitrogen and oxygen atoms in total. The summed E-state index contributed by atoms with van der Waals surface area (Å²) in [4.78, 5) is 11.1. The van der Waals surface area contributed by atoms with E-state index in [1.165, 1.54) is 4.57 Å². The molecule has 14 heavy (non-hydrogen) atoms. The maximum absolute atomic E-state index is 11.1. The van der Waals surface area contributed by atoms with E-state index in [1.54, 1.807) is 0 Å². The molecular formula is C8H15N3O2S. The van der Waals surface area contributed by atoms with Gasteiger partial charge in [-0.25, -0.2) is 9.89 Å². The molecule has 0 aliphatic rings. The molecule has 2 N–H and O–H groups in total. The molecule has 1 aromatic heterocycles. The minimum absolute atomic E-state index is 0.219. The lowest BCUT2D eigenvalue weighted by molar-refractivity contribution is 0.102. The molecule has 0 bridgehead atoms. The summed E-state index contributed by atoms with van der Waals surface area (Å²) in [5, 5.41) is 4.98. The number of nitrogens with zero attached hydrogens (tertiary/aromatic N) is 1. The summed E-state index contributed by atoms with van der Waals surface area (Å²) in [6.07, 6.45) is 0. The number of aromatic amines is 2. The zero-order chi connectivity index (χ0) is 10.6. The molecule has 6 heteroatoms. The van der Waals surface area contributed by atoms with Crippen molar-refractivity contribution in [1.82, 2.24) is 14.8 Å². The number of hydrogen-bond donors (Lipinski definition) is 2. The molecular weight excluding hydrogens is 202 g/mol. The van der Waals surface area contributed by atoms with Gasteiger partial charge in [-0.3, -0.25) is 9.67 Å². The van der Waals surface area contributed by atoms with Crippen LogP contribution in [0.4, 0.5) is 0 Å². The van der Waals surface area contributed by atoms with Gasteiger partial charge in [-0.05, 0) is 18.1 Å². The molecule has 0 amide bonds. The van der Waals surface area contributed by atoms with Crippen molar-refractivity contribution in [3.8, 4) is 0 Å². The molecule has 1 heterocycles. The van der Waals surface area contributed by atoms with Crippen molar-refractivity contribution in [2.24, 2.45) is 5.92 Å². The average molecular weight is 217 g/mol. The summed E-state index contributed by atoms with van der Waals surface area (Å²) < 4.78 is 7.19. The van der Waals surface area contributed by atoms with Crippen LogP contribution in [0.2, 0.25) is 0 Å². The number of aromatic nitrogens is 3. The van der Waals surface area contributed by atoms with E-state index >= 15 is 0 Å². The van der Waals surface area contributed by atoms with Crippen molar-refractivity contribution in [2.45, 2.75) is 20.4 Å². The molecule has 0 fully saturated rings. The fraction of sp³-hybridized carbons (Fsp3) is 0.750. The molecule has 0 unspecified atom stereocenters. The number of H-pyrrole nitrogens is 2. The summed E-state index contributed by atoms with van der Waals surface area (Å²) in [5.74, 6) is 0.507. The van der Waals surface area contributed by atoms with E-state index in [9.17, 15) is 4.79 Å². The van der Waals surface area contributed by atoms with E-state index in [0.717, 1.165) is 0 Å². The topological polar surface area (TPSA) is 62.8 Å². The zero-order valence-electron chi connectivity index (χ0n) is 8.37. The first-order valence-corrected chi connectivity index (χ1v) is 4.97. The van der Waals surface area contributed by atoms with Gasteiger partial charge in [-0.2, -0.15) is 0 Å². The van der Waals surface area contributed by atoms with Gasteiger partial charge in [0.1, 0.15) is 0 Å². The van der Waals surface area contributed by atoms with E-state index in [0.29, 0.717) is 30.4 Å². The van der Waals surface area contributed by atoms with Crippen LogP contribution in [-0.2, 0) is 11.3 Å². The van der Waals surface area contributed by atoms with Gasteiger partial charge in [-0.1, -0.05) is 13.8 Å². The van der Waals surface area contributed by atoms with E-state index in [4.69, 9.17) is 17.0 Å². The second-order valence-corrected chi connectivity index (χ2v) is 3.87. The first-order valence-electron chi connectivity index (χ1n) is 4.56. The maximum Gasteiger partial charge on any atom is 0.342 e. The van der Waals surface area contributed by atoms with Crippen LogP contribution in [0.3, 0.4) is 0 Å². The first-order chi connectivity index (χ1) is 6.61.